The van der Waals surface area contributed by atoms with Crippen molar-refractivity contribution in [1.29, 1.82) is 0 Å². The van der Waals surface area contributed by atoms with Crippen molar-refractivity contribution >= 4 is 29.0 Å². The van der Waals surface area contributed by atoms with E-state index in [4.69, 9.17) is 11.6 Å². The summed E-state index contributed by atoms with van der Waals surface area (Å²) in [4.78, 5) is 32.7. The summed E-state index contributed by atoms with van der Waals surface area (Å²) in [6, 6.07) is 6.16. The number of nitro groups is 1. The minimum Gasteiger partial charge on any atom is -0.305 e. The molecule has 0 bridgehead atoms. The van der Waals surface area contributed by atoms with Gasteiger partial charge in [0.2, 0.25) is 0 Å². The number of hydrogen-bond donors (Lipinski definition) is 2. The van der Waals surface area contributed by atoms with Gasteiger partial charge in [0, 0.05) is 17.7 Å². The number of amides is 1. The lowest BCUT2D eigenvalue weighted by Gasteiger charge is -2.04. The molecule has 20 heavy (non-hydrogen) atoms. The third kappa shape index (κ3) is 2.98. The Balaban J connectivity index is 2.25. The molecule has 1 heterocycles. The number of nitrogens with zero attached hydrogens (tertiary/aromatic N) is 2. The van der Waals surface area contributed by atoms with Crippen LogP contribution >= 0.6 is 11.6 Å². The molecule has 0 aliphatic rings. The zero-order valence-electron chi connectivity index (χ0n) is 9.79. The zero-order valence-corrected chi connectivity index (χ0v) is 10.5. The van der Waals surface area contributed by atoms with Crippen molar-refractivity contribution < 1.29 is 9.72 Å². The van der Waals surface area contributed by atoms with E-state index >= 15 is 0 Å². The molecule has 102 valence electrons. The molecule has 0 fully saturated rings. The molecule has 1 amide bonds. The van der Waals surface area contributed by atoms with Crippen LogP contribution < -0.4 is 10.9 Å². The number of halogens is 1. The number of rotatable bonds is 3. The van der Waals surface area contributed by atoms with E-state index in [1.54, 1.807) is 0 Å². The molecule has 1 aromatic carbocycles. The molecule has 2 aromatic rings. The molecule has 0 atom stereocenters. The molecular weight excluding hydrogens is 288 g/mol. The third-order valence-corrected chi connectivity index (χ3v) is 2.65. The SMILES string of the molecule is O=C(Nc1ccc(=O)[nH]n1)c1ccc(Cl)c([N+](=O)[O-])c1. The summed E-state index contributed by atoms with van der Waals surface area (Å²) in [5.74, 6) is -0.489. The van der Waals surface area contributed by atoms with Crippen LogP contribution in [0.4, 0.5) is 11.5 Å². The first-order valence-electron chi connectivity index (χ1n) is 5.28. The number of anilines is 1. The topological polar surface area (TPSA) is 118 Å². The lowest BCUT2D eigenvalue weighted by molar-refractivity contribution is -0.384. The number of nitrogens with one attached hydrogen (secondary N) is 2. The first-order valence-corrected chi connectivity index (χ1v) is 5.66. The average Bonchev–Trinajstić information content (AvgIpc) is 2.41. The highest BCUT2D eigenvalue weighted by Crippen LogP contribution is 2.25. The van der Waals surface area contributed by atoms with E-state index in [2.05, 4.69) is 15.5 Å². The summed E-state index contributed by atoms with van der Waals surface area (Å²) >= 11 is 5.65. The maximum Gasteiger partial charge on any atom is 0.288 e. The second-order valence-corrected chi connectivity index (χ2v) is 4.09. The van der Waals surface area contributed by atoms with Crippen LogP contribution in [0.15, 0.2) is 35.1 Å². The third-order valence-electron chi connectivity index (χ3n) is 2.33. The number of aromatic nitrogens is 2. The highest BCUT2D eigenvalue weighted by atomic mass is 35.5. The number of aromatic amines is 1. The number of carbonyl (C=O) groups excluding carboxylic acids is 1. The lowest BCUT2D eigenvalue weighted by Crippen LogP contribution is -2.15. The Morgan fingerprint density at radius 1 is 1.35 bits per heavy atom. The van der Waals surface area contributed by atoms with Crippen LogP contribution in [0.2, 0.25) is 5.02 Å². The molecule has 0 unspecified atom stereocenters. The number of hydrogen-bond acceptors (Lipinski definition) is 5. The van der Waals surface area contributed by atoms with Crippen LogP contribution in [0.3, 0.4) is 0 Å². The van der Waals surface area contributed by atoms with Gasteiger partial charge in [0.15, 0.2) is 5.82 Å². The van der Waals surface area contributed by atoms with Crippen molar-refractivity contribution in [3.8, 4) is 0 Å². The number of H-pyrrole nitrogens is 1. The van der Waals surface area contributed by atoms with E-state index in [9.17, 15) is 19.7 Å². The molecule has 2 rings (SSSR count). The summed E-state index contributed by atoms with van der Waals surface area (Å²) in [7, 11) is 0. The number of benzene rings is 1. The van der Waals surface area contributed by atoms with Gasteiger partial charge in [0.25, 0.3) is 17.2 Å². The normalized spacial score (nSPS) is 10.1. The molecule has 2 N–H and O–H groups in total. The summed E-state index contributed by atoms with van der Waals surface area (Å²) < 4.78 is 0. The fraction of sp³-hybridized carbons (Fsp3) is 0. The average molecular weight is 295 g/mol. The summed E-state index contributed by atoms with van der Waals surface area (Å²) in [6.45, 7) is 0. The van der Waals surface area contributed by atoms with Gasteiger partial charge < -0.3 is 5.32 Å². The van der Waals surface area contributed by atoms with Crippen molar-refractivity contribution in [2.75, 3.05) is 5.32 Å². The van der Waals surface area contributed by atoms with Crippen LogP contribution in [-0.2, 0) is 0 Å². The molecule has 1 aromatic heterocycles. The maximum absolute atomic E-state index is 11.9. The van der Waals surface area contributed by atoms with Gasteiger partial charge in [0.05, 0.1) is 4.92 Å². The summed E-state index contributed by atoms with van der Waals surface area (Å²) in [5, 5.41) is 18.8. The van der Waals surface area contributed by atoms with Gasteiger partial charge in [-0.15, -0.1) is 0 Å². The second-order valence-electron chi connectivity index (χ2n) is 3.68. The first-order chi connectivity index (χ1) is 9.47. The van der Waals surface area contributed by atoms with Crippen molar-refractivity contribution in [3.05, 3.63) is 61.4 Å². The van der Waals surface area contributed by atoms with Crippen LogP contribution in [0, 0.1) is 10.1 Å². The number of nitro benzene ring substituents is 1. The van der Waals surface area contributed by atoms with E-state index in [1.165, 1.54) is 24.3 Å². The molecule has 0 aliphatic carbocycles. The van der Waals surface area contributed by atoms with Crippen LogP contribution in [-0.4, -0.2) is 21.0 Å². The Morgan fingerprint density at radius 3 is 2.70 bits per heavy atom. The van der Waals surface area contributed by atoms with Crippen LogP contribution in [0.25, 0.3) is 0 Å². The van der Waals surface area contributed by atoms with Crippen molar-refractivity contribution in [1.82, 2.24) is 10.2 Å². The first kappa shape index (κ1) is 13.7. The van der Waals surface area contributed by atoms with Gasteiger partial charge in [-0.05, 0) is 18.2 Å². The van der Waals surface area contributed by atoms with Crippen LogP contribution in [0.1, 0.15) is 10.4 Å². The highest BCUT2D eigenvalue weighted by Gasteiger charge is 2.16. The van der Waals surface area contributed by atoms with Gasteiger partial charge in [-0.2, -0.15) is 5.10 Å². The van der Waals surface area contributed by atoms with E-state index in [1.807, 2.05) is 0 Å². The van der Waals surface area contributed by atoms with Gasteiger partial charge in [-0.1, -0.05) is 11.6 Å². The van der Waals surface area contributed by atoms with Gasteiger partial charge in [0.1, 0.15) is 5.02 Å². The minimum absolute atomic E-state index is 0.0501. The Bertz CT molecular complexity index is 723. The molecule has 0 radical (unpaired) electrons. The molecular formula is C11H7ClN4O4. The number of carbonyl (C=O) groups is 1. The summed E-state index contributed by atoms with van der Waals surface area (Å²) in [5.41, 5.74) is -0.729. The molecule has 0 aliphatic heterocycles. The predicted molar refractivity (Wildman–Crippen MR) is 70.9 cm³/mol. The van der Waals surface area contributed by atoms with Crippen LogP contribution in [0.5, 0.6) is 0 Å². The maximum atomic E-state index is 11.9. The largest absolute Gasteiger partial charge is 0.305 e. The Hall–Kier alpha value is -2.74. The van der Waals surface area contributed by atoms with Crippen molar-refractivity contribution in [2.45, 2.75) is 0 Å². The Kier molecular flexibility index (Phi) is 3.76. The van der Waals surface area contributed by atoms with Gasteiger partial charge in [-0.3, -0.25) is 19.7 Å². The lowest BCUT2D eigenvalue weighted by atomic mass is 10.2. The molecule has 9 heteroatoms. The van der Waals surface area contributed by atoms with Crippen molar-refractivity contribution in [3.63, 3.8) is 0 Å². The minimum atomic E-state index is -0.683. The smallest absolute Gasteiger partial charge is 0.288 e. The molecule has 8 nitrogen and oxygen atoms in total. The van der Waals surface area contributed by atoms with Gasteiger partial charge >= 0.3 is 0 Å². The van der Waals surface area contributed by atoms with E-state index < -0.39 is 16.4 Å². The van der Waals surface area contributed by atoms with E-state index in [0.717, 1.165) is 6.07 Å². The highest BCUT2D eigenvalue weighted by molar-refractivity contribution is 6.32. The predicted octanol–water partition coefficient (Wildman–Crippen LogP) is 1.58. The van der Waals surface area contributed by atoms with Gasteiger partial charge in [-0.25, -0.2) is 5.10 Å². The van der Waals surface area contributed by atoms with E-state index in [0.29, 0.717) is 0 Å². The molecule has 0 saturated carbocycles. The Morgan fingerprint density at radius 2 is 2.10 bits per heavy atom. The molecule has 0 spiro atoms. The Labute approximate surface area is 116 Å². The fourth-order valence-electron chi connectivity index (χ4n) is 1.40. The second kappa shape index (κ2) is 5.49. The quantitative estimate of drug-likeness (QED) is 0.658. The standard InChI is InChI=1S/C11H7ClN4O4/c12-7-2-1-6(5-8(7)16(19)20)11(18)13-9-3-4-10(17)15-14-9/h1-5H,(H,15,17)(H,13,14,18). The molecule has 0 saturated heterocycles. The van der Waals surface area contributed by atoms with E-state index in [-0.39, 0.29) is 22.1 Å². The summed E-state index contributed by atoms with van der Waals surface area (Å²) in [6.07, 6.45) is 0. The monoisotopic (exact) mass is 294 g/mol. The fourth-order valence-corrected chi connectivity index (χ4v) is 1.58. The van der Waals surface area contributed by atoms with Crippen molar-refractivity contribution in [2.24, 2.45) is 0 Å². The zero-order chi connectivity index (χ0) is 14.7.